The van der Waals surface area contributed by atoms with Crippen LogP contribution in [-0.2, 0) is 0 Å². The highest BCUT2D eigenvalue weighted by Gasteiger charge is 2.20. The predicted molar refractivity (Wildman–Crippen MR) is 51.5 cm³/mol. The summed E-state index contributed by atoms with van der Waals surface area (Å²) in [7, 11) is 0. The standard InChI is InChI=1S/C10H20FNO/c11-6-3-8-12-7-2-1-4-10(12)5-9-13/h10,13H,1-9H2. The van der Waals surface area contributed by atoms with Crippen molar-refractivity contribution in [2.75, 3.05) is 26.4 Å². The van der Waals surface area contributed by atoms with Crippen molar-refractivity contribution >= 4 is 0 Å². The molecule has 3 heteroatoms. The average molecular weight is 189 g/mol. The van der Waals surface area contributed by atoms with Gasteiger partial charge in [-0.25, -0.2) is 0 Å². The lowest BCUT2D eigenvalue weighted by Gasteiger charge is -2.35. The van der Waals surface area contributed by atoms with Crippen LogP contribution < -0.4 is 0 Å². The van der Waals surface area contributed by atoms with E-state index >= 15 is 0 Å². The van der Waals surface area contributed by atoms with Gasteiger partial charge in [0.1, 0.15) is 0 Å². The molecule has 0 aromatic rings. The van der Waals surface area contributed by atoms with Crippen LogP contribution in [0.3, 0.4) is 0 Å². The van der Waals surface area contributed by atoms with E-state index in [-0.39, 0.29) is 13.3 Å². The van der Waals surface area contributed by atoms with Gasteiger partial charge in [-0.2, -0.15) is 0 Å². The van der Waals surface area contributed by atoms with E-state index in [1.165, 1.54) is 19.3 Å². The molecule has 1 aliphatic heterocycles. The van der Waals surface area contributed by atoms with E-state index in [0.717, 1.165) is 19.5 Å². The first-order valence-corrected chi connectivity index (χ1v) is 5.29. The highest BCUT2D eigenvalue weighted by Crippen LogP contribution is 2.19. The summed E-state index contributed by atoms with van der Waals surface area (Å²) in [6.45, 7) is 1.99. The molecule has 1 saturated heterocycles. The van der Waals surface area contributed by atoms with Crippen molar-refractivity contribution in [1.82, 2.24) is 4.90 Å². The molecule has 0 amide bonds. The van der Waals surface area contributed by atoms with Crippen LogP contribution in [0.1, 0.15) is 32.1 Å². The monoisotopic (exact) mass is 189 g/mol. The average Bonchev–Trinajstić information content (AvgIpc) is 2.17. The summed E-state index contributed by atoms with van der Waals surface area (Å²) in [4.78, 5) is 2.33. The molecule has 0 aromatic carbocycles. The number of hydrogen-bond acceptors (Lipinski definition) is 2. The van der Waals surface area contributed by atoms with Crippen molar-refractivity contribution in [3.8, 4) is 0 Å². The molecule has 0 spiro atoms. The van der Waals surface area contributed by atoms with E-state index in [4.69, 9.17) is 5.11 Å². The lowest BCUT2D eigenvalue weighted by Crippen LogP contribution is -2.40. The van der Waals surface area contributed by atoms with Gasteiger partial charge in [0.05, 0.1) is 6.67 Å². The van der Waals surface area contributed by atoms with Crippen LogP contribution >= 0.6 is 0 Å². The summed E-state index contributed by atoms with van der Waals surface area (Å²) in [6, 6.07) is 0.505. The minimum atomic E-state index is -0.220. The summed E-state index contributed by atoms with van der Waals surface area (Å²) in [5.74, 6) is 0. The van der Waals surface area contributed by atoms with Gasteiger partial charge in [-0.1, -0.05) is 6.42 Å². The van der Waals surface area contributed by atoms with Crippen molar-refractivity contribution in [2.24, 2.45) is 0 Å². The van der Waals surface area contributed by atoms with Crippen LogP contribution in [0.15, 0.2) is 0 Å². The Bertz CT molecular complexity index is 130. The molecule has 1 unspecified atom stereocenters. The normalized spacial score (nSPS) is 24.9. The lowest BCUT2D eigenvalue weighted by molar-refractivity contribution is 0.115. The Morgan fingerprint density at radius 1 is 1.38 bits per heavy atom. The molecule has 0 aromatic heterocycles. The summed E-state index contributed by atoms with van der Waals surface area (Å²) < 4.78 is 12.0. The van der Waals surface area contributed by atoms with E-state index < -0.39 is 0 Å². The second-order valence-electron chi connectivity index (χ2n) is 3.74. The lowest BCUT2D eigenvalue weighted by atomic mass is 9.99. The molecular formula is C10H20FNO. The van der Waals surface area contributed by atoms with Crippen LogP contribution in [0.2, 0.25) is 0 Å². The first-order valence-electron chi connectivity index (χ1n) is 5.29. The summed E-state index contributed by atoms with van der Waals surface area (Å²) in [5.41, 5.74) is 0. The Morgan fingerprint density at radius 3 is 2.92 bits per heavy atom. The Morgan fingerprint density at radius 2 is 2.23 bits per heavy atom. The second-order valence-corrected chi connectivity index (χ2v) is 3.74. The zero-order valence-electron chi connectivity index (χ0n) is 8.21. The molecule has 0 bridgehead atoms. The largest absolute Gasteiger partial charge is 0.396 e. The molecule has 0 radical (unpaired) electrons. The topological polar surface area (TPSA) is 23.5 Å². The second kappa shape index (κ2) is 6.33. The maximum atomic E-state index is 12.0. The molecule has 1 heterocycles. The van der Waals surface area contributed by atoms with Crippen molar-refractivity contribution < 1.29 is 9.50 Å². The molecule has 0 aliphatic carbocycles. The van der Waals surface area contributed by atoms with Gasteiger partial charge < -0.3 is 10.0 Å². The Balaban J connectivity index is 2.28. The van der Waals surface area contributed by atoms with Crippen molar-refractivity contribution in [3.63, 3.8) is 0 Å². The SMILES string of the molecule is OCCC1CCCCN1CCCF. The van der Waals surface area contributed by atoms with Gasteiger partial charge in [-0.3, -0.25) is 4.39 Å². The number of piperidine rings is 1. The molecule has 1 N–H and O–H groups in total. The fourth-order valence-corrected chi connectivity index (χ4v) is 2.09. The number of rotatable bonds is 5. The smallest absolute Gasteiger partial charge is 0.0906 e. The van der Waals surface area contributed by atoms with Crippen LogP contribution in [0, 0.1) is 0 Å². The predicted octanol–water partition coefficient (Wildman–Crippen LogP) is 1.58. The zero-order valence-corrected chi connectivity index (χ0v) is 8.21. The van der Waals surface area contributed by atoms with Gasteiger partial charge in [0.2, 0.25) is 0 Å². The summed E-state index contributed by atoms with van der Waals surface area (Å²) in [6.07, 6.45) is 5.16. The Kier molecular flexibility index (Phi) is 5.32. The van der Waals surface area contributed by atoms with E-state index in [0.29, 0.717) is 12.5 Å². The van der Waals surface area contributed by atoms with Gasteiger partial charge in [0.15, 0.2) is 0 Å². The molecular weight excluding hydrogens is 169 g/mol. The minimum Gasteiger partial charge on any atom is -0.396 e. The van der Waals surface area contributed by atoms with Crippen LogP contribution in [0.4, 0.5) is 4.39 Å². The summed E-state index contributed by atoms with van der Waals surface area (Å²) >= 11 is 0. The van der Waals surface area contributed by atoms with Crippen molar-refractivity contribution in [3.05, 3.63) is 0 Å². The number of halogens is 1. The zero-order chi connectivity index (χ0) is 9.52. The highest BCUT2D eigenvalue weighted by atomic mass is 19.1. The first-order chi connectivity index (χ1) is 6.38. The molecule has 1 fully saturated rings. The summed E-state index contributed by atoms with van der Waals surface area (Å²) in [5, 5.41) is 8.86. The Hall–Kier alpha value is -0.150. The van der Waals surface area contributed by atoms with Gasteiger partial charge >= 0.3 is 0 Å². The molecule has 13 heavy (non-hydrogen) atoms. The highest BCUT2D eigenvalue weighted by molar-refractivity contribution is 4.76. The van der Waals surface area contributed by atoms with Gasteiger partial charge in [0.25, 0.3) is 0 Å². The number of aliphatic hydroxyl groups excluding tert-OH is 1. The van der Waals surface area contributed by atoms with Gasteiger partial charge in [-0.05, 0) is 32.2 Å². The van der Waals surface area contributed by atoms with Crippen molar-refractivity contribution in [2.45, 2.75) is 38.1 Å². The van der Waals surface area contributed by atoms with Crippen LogP contribution in [0.5, 0.6) is 0 Å². The van der Waals surface area contributed by atoms with E-state index in [2.05, 4.69) is 4.90 Å². The molecule has 1 aliphatic rings. The van der Waals surface area contributed by atoms with Gasteiger partial charge in [-0.15, -0.1) is 0 Å². The van der Waals surface area contributed by atoms with E-state index in [9.17, 15) is 4.39 Å². The number of nitrogens with zero attached hydrogens (tertiary/aromatic N) is 1. The Labute approximate surface area is 79.7 Å². The number of aliphatic hydroxyl groups is 1. The van der Waals surface area contributed by atoms with E-state index in [1.807, 2.05) is 0 Å². The maximum absolute atomic E-state index is 12.0. The molecule has 0 saturated carbocycles. The number of alkyl halides is 1. The van der Waals surface area contributed by atoms with E-state index in [1.54, 1.807) is 0 Å². The van der Waals surface area contributed by atoms with Crippen molar-refractivity contribution in [1.29, 1.82) is 0 Å². The maximum Gasteiger partial charge on any atom is 0.0906 e. The minimum absolute atomic E-state index is 0.220. The quantitative estimate of drug-likeness (QED) is 0.710. The molecule has 1 atom stereocenters. The third-order valence-corrected chi connectivity index (χ3v) is 2.79. The van der Waals surface area contributed by atoms with Crippen LogP contribution in [0.25, 0.3) is 0 Å². The third-order valence-electron chi connectivity index (χ3n) is 2.79. The van der Waals surface area contributed by atoms with Crippen LogP contribution in [-0.4, -0.2) is 42.4 Å². The number of likely N-dealkylation sites (tertiary alicyclic amines) is 1. The molecule has 2 nitrogen and oxygen atoms in total. The number of hydrogen-bond donors (Lipinski definition) is 1. The fraction of sp³-hybridized carbons (Fsp3) is 1.00. The molecule has 78 valence electrons. The van der Waals surface area contributed by atoms with Gasteiger partial charge in [0, 0.05) is 19.2 Å². The fourth-order valence-electron chi connectivity index (χ4n) is 2.09. The first kappa shape index (κ1) is 10.9. The third kappa shape index (κ3) is 3.61. The molecule has 1 rings (SSSR count).